The minimum Gasteiger partial charge on any atom is -0.493 e. The summed E-state index contributed by atoms with van der Waals surface area (Å²) in [6.07, 6.45) is 0. The Labute approximate surface area is 84.7 Å². The van der Waals surface area contributed by atoms with Gasteiger partial charge in [0.05, 0.1) is 5.38 Å². The molecular weight excluding hydrogens is 201 g/mol. The molecule has 14 heavy (non-hydrogen) atoms. The van der Waals surface area contributed by atoms with Crippen LogP contribution in [0.4, 0.5) is 4.39 Å². The highest BCUT2D eigenvalue weighted by Crippen LogP contribution is 2.27. The van der Waals surface area contributed by atoms with Crippen molar-refractivity contribution < 1.29 is 9.50 Å². The molecule has 0 saturated carbocycles. The fourth-order valence-electron chi connectivity index (χ4n) is 1.26. The van der Waals surface area contributed by atoms with Crippen molar-refractivity contribution >= 4 is 11.3 Å². The zero-order valence-corrected chi connectivity index (χ0v) is 8.31. The molecule has 0 aliphatic carbocycles. The Bertz CT molecular complexity index is 447. The predicted molar refractivity (Wildman–Crippen MR) is 53.9 cm³/mol. The number of hydrogen-bond acceptors (Lipinski definition) is 3. The molecule has 0 aliphatic heterocycles. The van der Waals surface area contributed by atoms with Gasteiger partial charge in [-0.1, -0.05) is 0 Å². The van der Waals surface area contributed by atoms with Gasteiger partial charge in [-0.05, 0) is 30.7 Å². The van der Waals surface area contributed by atoms with Gasteiger partial charge >= 0.3 is 0 Å². The van der Waals surface area contributed by atoms with Gasteiger partial charge in [-0.15, -0.1) is 11.3 Å². The summed E-state index contributed by atoms with van der Waals surface area (Å²) >= 11 is 1.29. The average molecular weight is 209 g/mol. The lowest BCUT2D eigenvalue weighted by atomic mass is 10.1. The molecule has 0 bridgehead atoms. The molecule has 2 aromatic rings. The van der Waals surface area contributed by atoms with Crippen LogP contribution in [0.5, 0.6) is 5.88 Å². The minimum absolute atomic E-state index is 0.0214. The van der Waals surface area contributed by atoms with Crippen molar-refractivity contribution in [2.75, 3.05) is 0 Å². The molecule has 0 amide bonds. The summed E-state index contributed by atoms with van der Waals surface area (Å²) in [4.78, 5) is 3.87. The summed E-state index contributed by atoms with van der Waals surface area (Å²) in [5.41, 5.74) is 1.54. The number of aryl methyl sites for hydroxylation is 1. The van der Waals surface area contributed by atoms with Gasteiger partial charge in [-0.3, -0.25) is 0 Å². The molecule has 72 valence electrons. The molecule has 1 aromatic carbocycles. The molecule has 0 unspecified atom stereocenters. The molecular formula is C10H8FNOS. The lowest BCUT2D eigenvalue weighted by Gasteiger charge is -1.98. The van der Waals surface area contributed by atoms with E-state index in [0.29, 0.717) is 10.6 Å². The Morgan fingerprint density at radius 2 is 2.14 bits per heavy atom. The van der Waals surface area contributed by atoms with E-state index >= 15 is 0 Å². The van der Waals surface area contributed by atoms with Crippen LogP contribution in [0.2, 0.25) is 0 Å². The van der Waals surface area contributed by atoms with Gasteiger partial charge in [0, 0.05) is 5.56 Å². The summed E-state index contributed by atoms with van der Waals surface area (Å²) in [6.45, 7) is 1.82. The summed E-state index contributed by atoms with van der Waals surface area (Å²) in [7, 11) is 0. The SMILES string of the molecule is Cc1cc(F)cc(-c2nc(O)cs2)c1. The third kappa shape index (κ3) is 1.75. The molecule has 0 atom stereocenters. The lowest BCUT2D eigenvalue weighted by Crippen LogP contribution is -1.82. The van der Waals surface area contributed by atoms with Crippen molar-refractivity contribution in [1.82, 2.24) is 4.98 Å². The first kappa shape index (κ1) is 9.15. The Hall–Kier alpha value is -1.42. The summed E-state index contributed by atoms with van der Waals surface area (Å²) in [5.74, 6) is -0.304. The highest BCUT2D eigenvalue weighted by molar-refractivity contribution is 7.13. The Morgan fingerprint density at radius 3 is 2.71 bits per heavy atom. The van der Waals surface area contributed by atoms with E-state index < -0.39 is 0 Å². The van der Waals surface area contributed by atoms with Crippen LogP contribution < -0.4 is 0 Å². The van der Waals surface area contributed by atoms with Crippen LogP contribution in [-0.2, 0) is 0 Å². The van der Waals surface area contributed by atoms with Crippen LogP contribution in [0.25, 0.3) is 10.6 Å². The van der Waals surface area contributed by atoms with Crippen molar-refractivity contribution in [1.29, 1.82) is 0 Å². The fraction of sp³-hybridized carbons (Fsp3) is 0.100. The molecule has 2 nitrogen and oxygen atoms in total. The van der Waals surface area contributed by atoms with Crippen molar-refractivity contribution in [3.8, 4) is 16.5 Å². The summed E-state index contributed by atoms with van der Waals surface area (Å²) in [5, 5.41) is 11.2. The van der Waals surface area contributed by atoms with Gasteiger partial charge in [0.25, 0.3) is 0 Å². The third-order valence-corrected chi connectivity index (χ3v) is 2.66. The van der Waals surface area contributed by atoms with E-state index in [2.05, 4.69) is 4.98 Å². The number of benzene rings is 1. The maximum Gasteiger partial charge on any atom is 0.222 e. The van der Waals surface area contributed by atoms with Crippen molar-refractivity contribution in [2.24, 2.45) is 0 Å². The first-order valence-electron chi connectivity index (χ1n) is 4.07. The molecule has 0 saturated heterocycles. The summed E-state index contributed by atoms with van der Waals surface area (Å²) in [6, 6.07) is 4.70. The molecule has 4 heteroatoms. The predicted octanol–water partition coefficient (Wildman–Crippen LogP) is 2.96. The molecule has 2 rings (SSSR count). The maximum atomic E-state index is 13.0. The molecule has 0 spiro atoms. The van der Waals surface area contributed by atoms with Crippen LogP contribution in [-0.4, -0.2) is 10.1 Å². The largest absolute Gasteiger partial charge is 0.493 e. The van der Waals surface area contributed by atoms with Gasteiger partial charge in [0.1, 0.15) is 10.8 Å². The van der Waals surface area contributed by atoms with Gasteiger partial charge in [-0.2, -0.15) is 0 Å². The number of thiazole rings is 1. The van der Waals surface area contributed by atoms with E-state index in [9.17, 15) is 4.39 Å². The smallest absolute Gasteiger partial charge is 0.222 e. The van der Waals surface area contributed by atoms with Crippen molar-refractivity contribution in [2.45, 2.75) is 6.92 Å². The molecule has 1 N–H and O–H groups in total. The van der Waals surface area contributed by atoms with Crippen LogP contribution in [0.15, 0.2) is 23.6 Å². The highest BCUT2D eigenvalue weighted by Gasteiger charge is 2.05. The third-order valence-electron chi connectivity index (χ3n) is 1.78. The first-order chi connectivity index (χ1) is 6.65. The van der Waals surface area contributed by atoms with Crippen LogP contribution >= 0.6 is 11.3 Å². The van der Waals surface area contributed by atoms with Crippen molar-refractivity contribution in [3.05, 3.63) is 35.0 Å². The van der Waals surface area contributed by atoms with E-state index in [1.165, 1.54) is 28.8 Å². The highest BCUT2D eigenvalue weighted by atomic mass is 32.1. The average Bonchev–Trinajstić information content (AvgIpc) is 2.50. The minimum atomic E-state index is -0.283. The Morgan fingerprint density at radius 1 is 1.36 bits per heavy atom. The number of halogens is 1. The summed E-state index contributed by atoms with van der Waals surface area (Å²) < 4.78 is 13.0. The maximum absolute atomic E-state index is 13.0. The zero-order chi connectivity index (χ0) is 10.1. The van der Waals surface area contributed by atoms with Gasteiger partial charge < -0.3 is 5.11 Å². The quantitative estimate of drug-likeness (QED) is 0.783. The second-order valence-corrected chi connectivity index (χ2v) is 3.89. The molecule has 0 fully saturated rings. The van der Waals surface area contributed by atoms with Gasteiger partial charge in [0.2, 0.25) is 5.88 Å². The normalized spacial score (nSPS) is 10.4. The standard InChI is InChI=1S/C10H8FNOS/c1-6-2-7(4-8(11)3-6)10-12-9(13)5-14-10/h2-5,13H,1H3. The Kier molecular flexibility index (Phi) is 2.21. The Balaban J connectivity index is 2.51. The second kappa shape index (κ2) is 3.38. The first-order valence-corrected chi connectivity index (χ1v) is 4.95. The van der Waals surface area contributed by atoms with E-state index in [1.807, 2.05) is 13.0 Å². The van der Waals surface area contributed by atoms with E-state index in [0.717, 1.165) is 5.56 Å². The molecule has 0 aliphatic rings. The topological polar surface area (TPSA) is 33.1 Å². The van der Waals surface area contributed by atoms with Crippen LogP contribution in [0, 0.1) is 12.7 Å². The number of aromatic hydroxyl groups is 1. The van der Waals surface area contributed by atoms with E-state index in [1.54, 1.807) is 0 Å². The van der Waals surface area contributed by atoms with E-state index in [-0.39, 0.29) is 11.7 Å². The number of hydrogen-bond donors (Lipinski definition) is 1. The molecule has 1 heterocycles. The number of nitrogens with zero attached hydrogens (tertiary/aromatic N) is 1. The van der Waals surface area contributed by atoms with Gasteiger partial charge in [-0.25, -0.2) is 9.37 Å². The monoisotopic (exact) mass is 209 g/mol. The van der Waals surface area contributed by atoms with E-state index in [4.69, 9.17) is 5.11 Å². The number of rotatable bonds is 1. The lowest BCUT2D eigenvalue weighted by molar-refractivity contribution is 0.458. The zero-order valence-electron chi connectivity index (χ0n) is 7.49. The van der Waals surface area contributed by atoms with Crippen LogP contribution in [0.1, 0.15) is 5.56 Å². The second-order valence-electron chi connectivity index (χ2n) is 3.03. The number of aromatic nitrogens is 1. The van der Waals surface area contributed by atoms with Crippen LogP contribution in [0.3, 0.4) is 0 Å². The molecule has 1 aromatic heterocycles. The fourth-order valence-corrected chi connectivity index (χ4v) is 1.93. The molecule has 0 radical (unpaired) electrons. The van der Waals surface area contributed by atoms with Crippen molar-refractivity contribution in [3.63, 3.8) is 0 Å². The van der Waals surface area contributed by atoms with Gasteiger partial charge in [0.15, 0.2) is 0 Å².